The maximum Gasteiger partial charge on any atom is 0.0146 e. The molecule has 0 unspecified atom stereocenters. The lowest BCUT2D eigenvalue weighted by Gasteiger charge is -2.31. The van der Waals surface area contributed by atoms with Gasteiger partial charge in [-0.1, -0.05) is 86.6 Å². The van der Waals surface area contributed by atoms with Crippen molar-refractivity contribution in [1.82, 2.24) is 0 Å². The van der Waals surface area contributed by atoms with Gasteiger partial charge >= 0.3 is 0 Å². The van der Waals surface area contributed by atoms with Gasteiger partial charge in [0.05, 0.1) is 0 Å². The maximum absolute atomic E-state index is 2.55. The Morgan fingerprint density at radius 3 is 0.614 bits per heavy atom. The summed E-state index contributed by atoms with van der Waals surface area (Å²) in [6.45, 7) is 36.7. The van der Waals surface area contributed by atoms with Crippen molar-refractivity contribution in [2.45, 2.75) is 142 Å². The van der Waals surface area contributed by atoms with Gasteiger partial charge in [-0.2, -0.15) is 0 Å². The van der Waals surface area contributed by atoms with Gasteiger partial charge in [-0.3, -0.25) is 0 Å². The average Bonchev–Trinajstić information content (AvgIpc) is 3.13. The Balaban J connectivity index is 1.53. The van der Waals surface area contributed by atoms with Gasteiger partial charge in [0, 0.05) is 5.41 Å². The highest BCUT2D eigenvalue weighted by atomic mass is 14.3. The van der Waals surface area contributed by atoms with Crippen LogP contribution in [-0.4, -0.2) is 0 Å². The van der Waals surface area contributed by atoms with Crippen LogP contribution < -0.4 is 0 Å². The van der Waals surface area contributed by atoms with Crippen molar-refractivity contribution in [3.8, 4) is 0 Å². The number of rotatable bonds is 10. The standard InChI is InChI=1S/C57H68/c1-33-17-47(18-34(2)41(33)9)25-51-29-55(30-52(45(51)13)26-48-19-35(3)42(10)36(4)20-48)57(15,16)56-31-53(27-49-21-37(5)43(11)38(6)22-49)46(14)54(32-56)28-50-23-39(7)44(12)40(8)24-50/h17-24,29-32H,25-28H2,1-16H3. The molecule has 0 aromatic heterocycles. The predicted molar refractivity (Wildman–Crippen MR) is 248 cm³/mol. The lowest BCUT2D eigenvalue weighted by Crippen LogP contribution is -2.21. The van der Waals surface area contributed by atoms with E-state index in [1.165, 1.54) is 134 Å². The van der Waals surface area contributed by atoms with E-state index in [2.05, 4.69) is 184 Å². The minimum Gasteiger partial charge on any atom is -0.0555 e. The van der Waals surface area contributed by atoms with E-state index in [0.717, 1.165) is 25.7 Å². The van der Waals surface area contributed by atoms with Crippen LogP contribution in [0.15, 0.2) is 72.8 Å². The molecule has 0 atom stereocenters. The van der Waals surface area contributed by atoms with Gasteiger partial charge in [-0.25, -0.2) is 0 Å². The van der Waals surface area contributed by atoms with Crippen LogP contribution in [0, 0.1) is 96.9 Å². The predicted octanol–water partition coefficient (Wildman–Crippen LogP) is 14.7. The van der Waals surface area contributed by atoms with E-state index in [9.17, 15) is 0 Å². The van der Waals surface area contributed by atoms with Crippen molar-refractivity contribution in [3.63, 3.8) is 0 Å². The van der Waals surface area contributed by atoms with Crippen molar-refractivity contribution in [2.75, 3.05) is 0 Å². The molecule has 0 aliphatic heterocycles. The summed E-state index contributed by atoms with van der Waals surface area (Å²) in [6, 6.07) is 29.5. The Bertz CT molecular complexity index is 2080. The van der Waals surface area contributed by atoms with E-state index < -0.39 is 0 Å². The van der Waals surface area contributed by atoms with Crippen LogP contribution in [0.3, 0.4) is 0 Å². The Morgan fingerprint density at radius 1 is 0.263 bits per heavy atom. The molecule has 57 heavy (non-hydrogen) atoms. The van der Waals surface area contributed by atoms with Gasteiger partial charge in [-0.15, -0.1) is 0 Å². The number of hydrogen-bond acceptors (Lipinski definition) is 0. The van der Waals surface area contributed by atoms with Crippen LogP contribution in [0.25, 0.3) is 0 Å². The summed E-state index contributed by atoms with van der Waals surface area (Å²) in [7, 11) is 0. The highest BCUT2D eigenvalue weighted by molar-refractivity contribution is 5.54. The average molecular weight is 753 g/mol. The quantitative estimate of drug-likeness (QED) is 0.131. The zero-order chi connectivity index (χ0) is 41.7. The highest BCUT2D eigenvalue weighted by Crippen LogP contribution is 2.38. The molecule has 296 valence electrons. The second-order valence-electron chi connectivity index (χ2n) is 18.6. The summed E-state index contributed by atoms with van der Waals surface area (Å²) < 4.78 is 0. The molecule has 0 fully saturated rings. The second kappa shape index (κ2) is 16.3. The van der Waals surface area contributed by atoms with Crippen molar-refractivity contribution in [2.24, 2.45) is 0 Å². The molecule has 6 aromatic rings. The van der Waals surface area contributed by atoms with Gasteiger partial charge in [0.1, 0.15) is 0 Å². The third-order valence-electron chi connectivity index (χ3n) is 14.2. The first-order valence-electron chi connectivity index (χ1n) is 21.3. The fraction of sp³-hybridized carbons (Fsp3) is 0.368. The van der Waals surface area contributed by atoms with Crippen LogP contribution in [0.2, 0.25) is 0 Å². The fourth-order valence-electron chi connectivity index (χ4n) is 9.09. The topological polar surface area (TPSA) is 0 Å². The molecule has 0 N–H and O–H groups in total. The third-order valence-corrected chi connectivity index (χ3v) is 14.2. The summed E-state index contributed by atoms with van der Waals surface area (Å²) in [5.41, 5.74) is 33.3. The molecule has 0 heterocycles. The molecule has 0 bridgehead atoms. The molecule has 0 aliphatic rings. The van der Waals surface area contributed by atoms with Gasteiger partial charge < -0.3 is 0 Å². The van der Waals surface area contributed by atoms with Crippen LogP contribution in [0.1, 0.15) is 147 Å². The Labute approximate surface area is 346 Å². The van der Waals surface area contributed by atoms with Crippen LogP contribution in [0.4, 0.5) is 0 Å². The molecule has 0 amide bonds. The monoisotopic (exact) mass is 753 g/mol. The van der Waals surface area contributed by atoms with E-state index in [-0.39, 0.29) is 5.41 Å². The van der Waals surface area contributed by atoms with Gasteiger partial charge in [0.15, 0.2) is 0 Å². The summed E-state index contributed by atoms with van der Waals surface area (Å²) in [5, 5.41) is 0. The molecule has 0 nitrogen and oxygen atoms in total. The van der Waals surface area contributed by atoms with E-state index in [0.29, 0.717) is 0 Å². The third kappa shape index (κ3) is 8.77. The Hall–Kier alpha value is -4.68. The molecular formula is C57H68. The summed E-state index contributed by atoms with van der Waals surface area (Å²) >= 11 is 0. The summed E-state index contributed by atoms with van der Waals surface area (Å²) in [6.07, 6.45) is 3.72. The fourth-order valence-corrected chi connectivity index (χ4v) is 9.09. The number of aryl methyl sites for hydroxylation is 8. The zero-order valence-corrected chi connectivity index (χ0v) is 38.3. The lowest BCUT2D eigenvalue weighted by molar-refractivity contribution is 0.635. The van der Waals surface area contributed by atoms with E-state index in [1.54, 1.807) is 0 Å². The zero-order valence-electron chi connectivity index (χ0n) is 38.3. The van der Waals surface area contributed by atoms with Crippen molar-refractivity contribution < 1.29 is 0 Å². The molecular weight excluding hydrogens is 685 g/mol. The smallest absolute Gasteiger partial charge is 0.0146 e. The van der Waals surface area contributed by atoms with Crippen molar-refractivity contribution in [1.29, 1.82) is 0 Å². The maximum atomic E-state index is 2.55. The first-order chi connectivity index (χ1) is 26.7. The van der Waals surface area contributed by atoms with Crippen LogP contribution >= 0.6 is 0 Å². The molecule has 0 saturated heterocycles. The van der Waals surface area contributed by atoms with Crippen LogP contribution in [-0.2, 0) is 31.1 Å². The molecule has 0 spiro atoms. The largest absolute Gasteiger partial charge is 0.0555 e. The van der Waals surface area contributed by atoms with E-state index >= 15 is 0 Å². The van der Waals surface area contributed by atoms with Gasteiger partial charge in [-0.05, 0) is 256 Å². The summed E-state index contributed by atoms with van der Waals surface area (Å²) in [4.78, 5) is 0. The van der Waals surface area contributed by atoms with E-state index in [1.807, 2.05) is 0 Å². The summed E-state index contributed by atoms with van der Waals surface area (Å²) in [5.74, 6) is 0. The normalized spacial score (nSPS) is 11.8. The number of benzene rings is 6. The van der Waals surface area contributed by atoms with E-state index in [4.69, 9.17) is 0 Å². The van der Waals surface area contributed by atoms with Gasteiger partial charge in [0.2, 0.25) is 0 Å². The lowest BCUT2D eigenvalue weighted by atomic mass is 9.73. The molecule has 0 saturated carbocycles. The first kappa shape index (κ1) is 41.9. The van der Waals surface area contributed by atoms with Crippen molar-refractivity contribution >= 4 is 0 Å². The first-order valence-corrected chi connectivity index (χ1v) is 21.3. The van der Waals surface area contributed by atoms with Crippen LogP contribution in [0.5, 0.6) is 0 Å². The molecule has 0 heteroatoms. The SMILES string of the molecule is Cc1cc(Cc2cc(C(C)(C)c3cc(Cc4cc(C)c(C)c(C)c4)c(C)c(Cc4cc(C)c(C)c(C)c4)c3)cc(Cc3cc(C)c(C)c(C)c3)c2C)cc(C)c1C. The molecule has 6 rings (SSSR count). The van der Waals surface area contributed by atoms with Gasteiger partial charge in [0.25, 0.3) is 0 Å². The molecule has 0 radical (unpaired) electrons. The molecule has 0 aliphatic carbocycles. The minimum absolute atomic E-state index is 0.231. The van der Waals surface area contributed by atoms with Crippen molar-refractivity contribution in [3.05, 3.63) is 206 Å². The Morgan fingerprint density at radius 2 is 0.439 bits per heavy atom. The molecule has 6 aromatic carbocycles. The second-order valence-corrected chi connectivity index (χ2v) is 18.6. The highest BCUT2D eigenvalue weighted by Gasteiger charge is 2.27. The number of hydrogen-bond donors (Lipinski definition) is 0. The Kier molecular flexibility index (Phi) is 12.0. The minimum atomic E-state index is -0.231.